The van der Waals surface area contributed by atoms with Crippen LogP contribution in [0.1, 0.15) is 37.2 Å². The average molecular weight is 776 g/mol. The van der Waals surface area contributed by atoms with Crippen LogP contribution in [0.3, 0.4) is 0 Å². The van der Waals surface area contributed by atoms with Crippen molar-refractivity contribution in [3.8, 4) is 28.0 Å². The number of nitrogens with zero attached hydrogens (tertiary/aromatic N) is 1. The van der Waals surface area contributed by atoms with Crippen LogP contribution in [0.5, 0.6) is 5.75 Å². The Bertz CT molecular complexity index is 2530. The molecule has 0 bridgehead atoms. The molecule has 0 unspecified atom stereocenters. The molecule has 2 heterocycles. The fourth-order valence-corrected chi connectivity index (χ4v) is 7.18. The number of benzene rings is 5. The molecule has 284 valence electrons. The minimum Gasteiger partial charge on any atom is -0.748 e. The molecule has 0 atom stereocenters. The molecule has 0 saturated heterocycles. The predicted molar refractivity (Wildman–Crippen MR) is 217 cm³/mol. The van der Waals surface area contributed by atoms with Crippen LogP contribution in [-0.4, -0.2) is 44.0 Å². The second kappa shape index (κ2) is 17.3. The Labute approximate surface area is 322 Å². The Morgan fingerprint density at radius 1 is 0.691 bits per heavy atom. The maximum Gasteiger partial charge on any atom is 0.200 e. The van der Waals surface area contributed by atoms with Crippen LogP contribution >= 0.6 is 0 Å². The molecule has 0 spiro atoms. The first-order valence-corrected chi connectivity index (χ1v) is 21.1. The van der Waals surface area contributed by atoms with Crippen molar-refractivity contribution in [2.45, 2.75) is 33.1 Å². The first-order chi connectivity index (χ1) is 26.4. The van der Waals surface area contributed by atoms with Gasteiger partial charge in [-0.3, -0.25) is 0 Å². The van der Waals surface area contributed by atoms with Crippen molar-refractivity contribution in [1.82, 2.24) is 0 Å². The number of aryl methyl sites for hydroxylation is 2. The lowest BCUT2D eigenvalue weighted by Crippen LogP contribution is -2.27. The molecule has 0 N–H and O–H groups in total. The van der Waals surface area contributed by atoms with E-state index < -0.39 is 31.7 Å². The molecular weight excluding hydrogens is 735 g/mol. The molecule has 11 heteroatoms. The van der Waals surface area contributed by atoms with E-state index in [4.69, 9.17) is 9.15 Å². The lowest BCUT2D eigenvalue weighted by molar-refractivity contribution is 0.436. The number of allylic oxidation sites excluding steroid dienone is 2. The third-order valence-electron chi connectivity index (χ3n) is 9.22. The summed E-state index contributed by atoms with van der Waals surface area (Å²) in [5, 5.41) is 0.699. The van der Waals surface area contributed by atoms with Gasteiger partial charge in [-0.15, -0.1) is 0 Å². The van der Waals surface area contributed by atoms with Gasteiger partial charge in [0.2, 0.25) is 5.88 Å². The summed E-state index contributed by atoms with van der Waals surface area (Å²) in [6.07, 6.45) is 5.11. The van der Waals surface area contributed by atoms with Crippen LogP contribution in [0, 0.1) is 0 Å². The van der Waals surface area contributed by atoms with E-state index in [0.29, 0.717) is 46.0 Å². The molecule has 9 nitrogen and oxygen atoms in total. The minimum absolute atomic E-state index is 0.0475. The average Bonchev–Trinajstić information content (AvgIpc) is 3.72. The highest BCUT2D eigenvalue weighted by atomic mass is 32.2. The first-order valence-electron chi connectivity index (χ1n) is 18.0. The quantitative estimate of drug-likeness (QED) is 0.111. The summed E-state index contributed by atoms with van der Waals surface area (Å²) >= 11 is 0. The van der Waals surface area contributed by atoms with Crippen LogP contribution in [0.15, 0.2) is 149 Å². The van der Waals surface area contributed by atoms with Gasteiger partial charge in [0.25, 0.3) is 0 Å². The van der Waals surface area contributed by atoms with Gasteiger partial charge in [-0.2, -0.15) is 0 Å². The molecule has 0 saturated carbocycles. The summed E-state index contributed by atoms with van der Waals surface area (Å²) in [4.78, 5) is 1.66. The van der Waals surface area contributed by atoms with Gasteiger partial charge in [-0.25, -0.2) is 16.8 Å². The van der Waals surface area contributed by atoms with Crippen molar-refractivity contribution in [3.63, 3.8) is 0 Å². The number of furan rings is 1. The maximum atomic E-state index is 11.7. The summed E-state index contributed by atoms with van der Waals surface area (Å²) in [6.45, 7) is 3.96. The first kappa shape index (κ1) is 39.2. The summed E-state index contributed by atoms with van der Waals surface area (Å²) in [7, 11) is -9.03. The van der Waals surface area contributed by atoms with E-state index in [1.807, 2.05) is 104 Å². The van der Waals surface area contributed by atoms with Crippen LogP contribution in [-0.2, 0) is 33.1 Å². The Morgan fingerprint density at radius 3 is 1.84 bits per heavy atom. The predicted octanol–water partition coefficient (Wildman–Crippen LogP) is 9.18. The van der Waals surface area contributed by atoms with Gasteiger partial charge in [0.1, 0.15) is 11.3 Å². The Hall–Kier alpha value is -5.46. The Kier molecular flexibility index (Phi) is 12.4. The number of anilines is 1. The van der Waals surface area contributed by atoms with Gasteiger partial charge in [0.05, 0.1) is 31.7 Å². The second-order valence-corrected chi connectivity index (χ2v) is 16.0. The standard InChI is InChI=1S/C36H33NO8S2.C8H10/c1-2-25(21-35-30(17-19-46(38,39)40)31-23-28(13-15-33(31)44-35)26-9-5-3-6-10-26)22-36-37(18-20-47(41,42)43)32-24-29(14-16-34(32)45-36)27-11-7-4-8-12-27;1-2-8-6-4-3-5-7-8/h3-16,21-24H,2,17-20H2,1H3,(H,38,39,40)(H,41,42,43);3-7H,2H2,1H3/p-2/b25-21-,36-22+;. The van der Waals surface area contributed by atoms with E-state index in [-0.39, 0.29) is 13.0 Å². The molecule has 0 amide bonds. The Balaban J connectivity index is 0.000000572. The topological polar surface area (TPSA) is 140 Å². The largest absolute Gasteiger partial charge is 0.748 e. The molecule has 7 rings (SSSR count). The number of rotatable bonds is 12. The number of fused-ring (bicyclic) bond motifs is 2. The van der Waals surface area contributed by atoms with E-state index in [9.17, 15) is 25.9 Å². The zero-order valence-electron chi connectivity index (χ0n) is 30.6. The molecule has 5 aromatic carbocycles. The van der Waals surface area contributed by atoms with Gasteiger partial charge >= 0.3 is 0 Å². The van der Waals surface area contributed by atoms with Crippen LogP contribution in [0.4, 0.5) is 5.69 Å². The molecular formula is C44H41NO8S2-2. The molecule has 55 heavy (non-hydrogen) atoms. The smallest absolute Gasteiger partial charge is 0.200 e. The molecule has 0 aliphatic carbocycles. The van der Waals surface area contributed by atoms with Crippen LogP contribution < -0.4 is 9.64 Å². The lowest BCUT2D eigenvalue weighted by Gasteiger charge is -2.20. The highest BCUT2D eigenvalue weighted by Gasteiger charge is 2.27. The number of ether oxygens (including phenoxy) is 1. The van der Waals surface area contributed by atoms with E-state index in [1.165, 1.54) is 5.56 Å². The van der Waals surface area contributed by atoms with Gasteiger partial charge < -0.3 is 23.2 Å². The van der Waals surface area contributed by atoms with Crippen molar-refractivity contribution in [2.75, 3.05) is 23.0 Å². The highest BCUT2D eigenvalue weighted by molar-refractivity contribution is 7.85. The van der Waals surface area contributed by atoms with Crippen LogP contribution in [0.25, 0.3) is 39.3 Å². The van der Waals surface area contributed by atoms with Crippen molar-refractivity contribution in [3.05, 3.63) is 162 Å². The molecule has 0 fully saturated rings. The Morgan fingerprint density at radius 2 is 1.27 bits per heavy atom. The monoisotopic (exact) mass is 775 g/mol. The van der Waals surface area contributed by atoms with Crippen molar-refractivity contribution < 1.29 is 35.1 Å². The van der Waals surface area contributed by atoms with Crippen molar-refractivity contribution in [1.29, 1.82) is 0 Å². The van der Waals surface area contributed by atoms with Gasteiger partial charge in [-0.05, 0) is 83.0 Å². The summed E-state index contributed by atoms with van der Waals surface area (Å²) < 4.78 is 82.4. The van der Waals surface area contributed by atoms with Gasteiger partial charge in [0.15, 0.2) is 5.75 Å². The highest BCUT2D eigenvalue weighted by Crippen LogP contribution is 2.42. The summed E-state index contributed by atoms with van der Waals surface area (Å²) in [6, 6.07) is 41.1. The number of hydrogen-bond acceptors (Lipinski definition) is 9. The molecule has 1 aliphatic rings. The molecule has 1 aliphatic heterocycles. The maximum absolute atomic E-state index is 11.7. The third kappa shape index (κ3) is 10.4. The van der Waals surface area contributed by atoms with Crippen molar-refractivity contribution in [2.24, 2.45) is 0 Å². The fourth-order valence-electron chi connectivity index (χ4n) is 6.32. The molecule has 1 aromatic heterocycles. The summed E-state index contributed by atoms with van der Waals surface area (Å²) in [5.41, 5.74) is 7.62. The second-order valence-electron chi connectivity index (χ2n) is 13.0. The van der Waals surface area contributed by atoms with E-state index in [2.05, 4.69) is 31.2 Å². The van der Waals surface area contributed by atoms with E-state index in [0.717, 1.165) is 34.2 Å². The zero-order valence-corrected chi connectivity index (χ0v) is 32.2. The van der Waals surface area contributed by atoms with Gasteiger partial charge in [-0.1, -0.05) is 117 Å². The molecule has 6 aromatic rings. The van der Waals surface area contributed by atoms with E-state index in [1.54, 1.807) is 23.1 Å². The van der Waals surface area contributed by atoms with E-state index >= 15 is 0 Å². The minimum atomic E-state index is -4.52. The van der Waals surface area contributed by atoms with Crippen molar-refractivity contribution >= 4 is 43.0 Å². The SMILES string of the molecule is CCC(=C/c1oc2ccc(-c3ccccc3)cc2c1CCS(=O)(=O)[O-])/C=C1/Oc2ccc(-c3ccccc3)cc2N1CCS(=O)(=O)[O-].CCc1ccccc1. The fraction of sp³-hybridized carbons (Fsp3) is 0.182. The van der Waals surface area contributed by atoms with Crippen LogP contribution in [0.2, 0.25) is 0 Å². The lowest BCUT2D eigenvalue weighted by atomic mass is 10.0. The normalized spacial score (nSPS) is 13.7. The number of hydrogen-bond donors (Lipinski definition) is 0. The zero-order chi connectivity index (χ0) is 39.0. The third-order valence-corrected chi connectivity index (χ3v) is 10.6. The van der Waals surface area contributed by atoms with Gasteiger partial charge in [0, 0.05) is 29.3 Å². The molecule has 0 radical (unpaired) electrons. The summed E-state index contributed by atoms with van der Waals surface area (Å²) in [5.74, 6) is 0.00863.